The normalized spacial score (nSPS) is 36.9. The molecule has 3 aliphatic heterocycles. The lowest BCUT2D eigenvalue weighted by atomic mass is 9.35. The first kappa shape index (κ1) is 20.2. The molecule has 1 spiro atoms. The van der Waals surface area contributed by atoms with Gasteiger partial charge < -0.3 is 14.9 Å². The van der Waals surface area contributed by atoms with E-state index in [0.717, 1.165) is 17.7 Å². The molecule has 3 heterocycles. The molecule has 34 heavy (non-hydrogen) atoms. The number of phenols is 1. The fourth-order valence-electron chi connectivity index (χ4n) is 7.99. The maximum atomic E-state index is 13.4. The molecule has 2 saturated carbocycles. The molecule has 7 rings (SSSR count). The third kappa shape index (κ3) is 1.96. The van der Waals surface area contributed by atoms with E-state index in [4.69, 9.17) is 4.74 Å². The molecule has 0 radical (unpaired) electrons. The summed E-state index contributed by atoms with van der Waals surface area (Å²) in [6.45, 7) is 7.29. The molecule has 2 aromatic carbocycles. The molecule has 0 aromatic heterocycles. The van der Waals surface area contributed by atoms with Crippen LogP contribution < -0.4 is 4.74 Å². The van der Waals surface area contributed by atoms with E-state index in [9.17, 15) is 19.8 Å². The summed E-state index contributed by atoms with van der Waals surface area (Å²) in [5, 5.41) is 23.0. The van der Waals surface area contributed by atoms with Crippen molar-refractivity contribution < 1.29 is 24.5 Å². The SMILES string of the molecule is C=CCN1CC2[C@@H]1[C@]1(O)CC[C@@H](N3C(=O)c4ccccc4C3=O)[C@@H]3Oc4c(O)ccc(C)c4[C@@]231. The number of carbonyl (C=O) groups is 2. The Morgan fingerprint density at radius 3 is 2.56 bits per heavy atom. The van der Waals surface area contributed by atoms with Gasteiger partial charge in [-0.05, 0) is 43.5 Å². The molecular formula is C27H26N2O5. The van der Waals surface area contributed by atoms with E-state index in [0.29, 0.717) is 36.3 Å². The monoisotopic (exact) mass is 458 g/mol. The number of ether oxygens (including phenoxy) is 1. The highest BCUT2D eigenvalue weighted by molar-refractivity contribution is 6.21. The summed E-state index contributed by atoms with van der Waals surface area (Å²) in [7, 11) is 0. The number of fused-ring (bicyclic) bond motifs is 4. The lowest BCUT2D eigenvalue weighted by Gasteiger charge is -2.77. The molecule has 2 amide bonds. The van der Waals surface area contributed by atoms with Crippen molar-refractivity contribution in [3.8, 4) is 11.5 Å². The molecule has 2 N–H and O–H groups in total. The van der Waals surface area contributed by atoms with Gasteiger partial charge in [0.15, 0.2) is 11.5 Å². The zero-order chi connectivity index (χ0) is 23.6. The van der Waals surface area contributed by atoms with E-state index in [1.165, 1.54) is 4.90 Å². The standard InChI is InChI=1S/C27H26N2O5/c1-3-12-28-13-17-22(28)26(33)11-10-18(29-24(31)15-6-4-5-7-16(15)25(29)32)23-27(17,26)20-14(2)8-9-19(30)21(20)34-23/h3-9,17-18,22-23,30,33H,1,10-13H2,2H3/t17?,18-,22-,23+,26-,27+/m1/s1. The number of piperidine rings is 1. The van der Waals surface area contributed by atoms with Gasteiger partial charge in [-0.1, -0.05) is 24.3 Å². The van der Waals surface area contributed by atoms with Crippen LogP contribution in [-0.4, -0.2) is 68.7 Å². The number of imide groups is 1. The third-order valence-electron chi connectivity index (χ3n) is 9.14. The van der Waals surface area contributed by atoms with Gasteiger partial charge in [-0.25, -0.2) is 0 Å². The Bertz CT molecular complexity index is 1270. The van der Waals surface area contributed by atoms with Crippen molar-refractivity contribution in [2.75, 3.05) is 13.1 Å². The Morgan fingerprint density at radius 2 is 1.88 bits per heavy atom. The number of nitrogens with zero attached hydrogens (tertiary/aromatic N) is 2. The maximum Gasteiger partial charge on any atom is 0.261 e. The minimum Gasteiger partial charge on any atom is -0.504 e. The van der Waals surface area contributed by atoms with Crippen LogP contribution in [0.5, 0.6) is 11.5 Å². The molecule has 2 aliphatic carbocycles. The van der Waals surface area contributed by atoms with E-state index in [1.54, 1.807) is 30.3 Å². The first-order valence-electron chi connectivity index (χ1n) is 11.9. The number of aromatic hydroxyl groups is 1. The predicted octanol–water partition coefficient (Wildman–Crippen LogP) is 2.39. The highest BCUT2D eigenvalue weighted by Gasteiger charge is 2.85. The van der Waals surface area contributed by atoms with Gasteiger partial charge in [-0.15, -0.1) is 6.58 Å². The highest BCUT2D eigenvalue weighted by Crippen LogP contribution is 2.73. The molecule has 5 aliphatic rings. The summed E-state index contributed by atoms with van der Waals surface area (Å²) in [6, 6.07) is 9.79. The number of amides is 2. The van der Waals surface area contributed by atoms with Crippen molar-refractivity contribution in [3.05, 3.63) is 71.3 Å². The second-order valence-corrected chi connectivity index (χ2v) is 10.4. The number of benzene rings is 2. The Labute approximate surface area is 197 Å². The first-order valence-corrected chi connectivity index (χ1v) is 11.9. The Kier molecular flexibility index (Phi) is 3.74. The minimum absolute atomic E-state index is 0.0264. The lowest BCUT2D eigenvalue weighted by Crippen LogP contribution is -2.92. The van der Waals surface area contributed by atoms with Crippen LogP contribution in [0.1, 0.15) is 44.7 Å². The van der Waals surface area contributed by atoms with Crippen molar-refractivity contribution in [1.29, 1.82) is 0 Å². The number of hydrogen-bond acceptors (Lipinski definition) is 6. The molecule has 174 valence electrons. The van der Waals surface area contributed by atoms with Crippen molar-refractivity contribution in [3.63, 3.8) is 0 Å². The number of carbonyl (C=O) groups excluding carboxylic acids is 2. The van der Waals surface area contributed by atoms with E-state index < -0.39 is 23.2 Å². The van der Waals surface area contributed by atoms with E-state index in [1.807, 2.05) is 19.1 Å². The van der Waals surface area contributed by atoms with Crippen molar-refractivity contribution >= 4 is 11.8 Å². The first-order chi connectivity index (χ1) is 16.4. The smallest absolute Gasteiger partial charge is 0.261 e. The molecule has 2 aromatic rings. The average molecular weight is 459 g/mol. The summed E-state index contributed by atoms with van der Waals surface area (Å²) in [5.74, 6) is -0.123. The molecule has 1 saturated heterocycles. The highest BCUT2D eigenvalue weighted by atomic mass is 16.5. The Balaban J connectivity index is 1.38. The van der Waals surface area contributed by atoms with Gasteiger partial charge in [0.2, 0.25) is 0 Å². The van der Waals surface area contributed by atoms with Crippen LogP contribution in [0, 0.1) is 12.8 Å². The van der Waals surface area contributed by atoms with E-state index in [2.05, 4.69) is 11.5 Å². The largest absolute Gasteiger partial charge is 0.504 e. The fourth-order valence-corrected chi connectivity index (χ4v) is 7.99. The number of aliphatic hydroxyl groups is 1. The molecule has 6 atom stereocenters. The second-order valence-electron chi connectivity index (χ2n) is 10.4. The fraction of sp³-hybridized carbons (Fsp3) is 0.407. The zero-order valence-electron chi connectivity index (χ0n) is 18.9. The number of aryl methyl sites for hydroxylation is 1. The van der Waals surface area contributed by atoms with E-state index in [-0.39, 0.29) is 29.5 Å². The quantitative estimate of drug-likeness (QED) is 0.542. The number of hydrogen-bond donors (Lipinski definition) is 2. The van der Waals surface area contributed by atoms with Gasteiger partial charge in [-0.2, -0.15) is 0 Å². The van der Waals surface area contributed by atoms with Crippen LogP contribution in [0.4, 0.5) is 0 Å². The Morgan fingerprint density at radius 1 is 1.18 bits per heavy atom. The average Bonchev–Trinajstić information content (AvgIpc) is 3.30. The summed E-state index contributed by atoms with van der Waals surface area (Å²) < 4.78 is 6.49. The van der Waals surface area contributed by atoms with Gasteiger partial charge in [0, 0.05) is 30.6 Å². The summed E-state index contributed by atoms with van der Waals surface area (Å²) >= 11 is 0. The van der Waals surface area contributed by atoms with Gasteiger partial charge in [-0.3, -0.25) is 19.4 Å². The molecule has 0 bridgehead atoms. The molecule has 3 fully saturated rings. The van der Waals surface area contributed by atoms with Crippen molar-refractivity contribution in [2.24, 2.45) is 5.92 Å². The predicted molar refractivity (Wildman–Crippen MR) is 123 cm³/mol. The van der Waals surface area contributed by atoms with Crippen LogP contribution >= 0.6 is 0 Å². The van der Waals surface area contributed by atoms with Crippen LogP contribution in [0.25, 0.3) is 0 Å². The van der Waals surface area contributed by atoms with E-state index >= 15 is 0 Å². The second kappa shape index (κ2) is 6.29. The van der Waals surface area contributed by atoms with Gasteiger partial charge in [0.05, 0.1) is 28.2 Å². The number of phenolic OH excluding ortho intramolecular Hbond substituents is 1. The summed E-state index contributed by atoms with van der Waals surface area (Å²) in [5.41, 5.74) is 0.723. The van der Waals surface area contributed by atoms with Gasteiger partial charge in [0.25, 0.3) is 11.8 Å². The molecule has 1 unspecified atom stereocenters. The number of likely N-dealkylation sites (tertiary alicyclic amines) is 1. The topological polar surface area (TPSA) is 90.3 Å². The minimum atomic E-state index is -1.08. The van der Waals surface area contributed by atoms with Crippen LogP contribution in [-0.2, 0) is 5.41 Å². The number of rotatable bonds is 3. The summed E-state index contributed by atoms with van der Waals surface area (Å²) in [4.78, 5) is 30.4. The van der Waals surface area contributed by atoms with Crippen LogP contribution in [0.2, 0.25) is 0 Å². The van der Waals surface area contributed by atoms with Crippen LogP contribution in [0.3, 0.4) is 0 Å². The zero-order valence-corrected chi connectivity index (χ0v) is 18.9. The lowest BCUT2D eigenvalue weighted by molar-refractivity contribution is -0.318. The van der Waals surface area contributed by atoms with Crippen molar-refractivity contribution in [2.45, 2.75) is 49.0 Å². The Hall–Kier alpha value is -3.16. The molecule has 7 nitrogen and oxygen atoms in total. The molecule has 7 heteroatoms. The third-order valence-corrected chi connectivity index (χ3v) is 9.14. The van der Waals surface area contributed by atoms with Crippen LogP contribution in [0.15, 0.2) is 49.1 Å². The summed E-state index contributed by atoms with van der Waals surface area (Å²) in [6.07, 6.45) is 2.10. The van der Waals surface area contributed by atoms with Gasteiger partial charge in [0.1, 0.15) is 6.10 Å². The van der Waals surface area contributed by atoms with Crippen molar-refractivity contribution in [1.82, 2.24) is 9.80 Å². The van der Waals surface area contributed by atoms with Gasteiger partial charge >= 0.3 is 0 Å². The maximum absolute atomic E-state index is 13.4. The molecular weight excluding hydrogens is 432 g/mol.